The first-order valence-corrected chi connectivity index (χ1v) is 6.69. The summed E-state index contributed by atoms with van der Waals surface area (Å²) in [5.74, 6) is 3.25. The van der Waals surface area contributed by atoms with E-state index < -0.39 is 0 Å². The maximum atomic E-state index is 4.05. The topological polar surface area (TPSA) is 0 Å². The largest absolute Gasteiger partial charge is 0.242 e. The van der Waals surface area contributed by atoms with Crippen LogP contribution < -0.4 is 0 Å². The van der Waals surface area contributed by atoms with E-state index >= 15 is 0 Å². The van der Waals surface area contributed by atoms with E-state index in [1.54, 1.807) is 0 Å². The van der Waals surface area contributed by atoms with Crippen molar-refractivity contribution in [3.05, 3.63) is 31.2 Å². The predicted octanol–water partition coefficient (Wildman–Crippen LogP) is 4.64. The Morgan fingerprint density at radius 1 is 1.41 bits per heavy atom. The van der Waals surface area contributed by atoms with Crippen LogP contribution in [0.4, 0.5) is 0 Å². The summed E-state index contributed by atoms with van der Waals surface area (Å²) in [6.07, 6.45) is 8.68. The van der Waals surface area contributed by atoms with Crippen molar-refractivity contribution in [3.63, 3.8) is 0 Å². The molecule has 0 aromatic rings. The summed E-state index contributed by atoms with van der Waals surface area (Å²) >= 11 is 0. The molecule has 0 heterocycles. The molecule has 95 valence electrons. The Morgan fingerprint density at radius 3 is 2.59 bits per heavy atom. The second-order valence-corrected chi connectivity index (χ2v) is 6.13. The van der Waals surface area contributed by atoms with Gasteiger partial charge in [-0.05, 0) is 35.5 Å². The Hall–Kier alpha value is 0.363. The molecule has 2 aliphatic carbocycles. The molecule has 1 heteroatoms. The fourth-order valence-electron chi connectivity index (χ4n) is 4.62. The molecule has 0 bridgehead atoms. The van der Waals surface area contributed by atoms with E-state index in [2.05, 4.69) is 46.4 Å². The van der Waals surface area contributed by atoms with E-state index in [-0.39, 0.29) is 29.9 Å². The van der Waals surface area contributed by atoms with Crippen LogP contribution >= 0.6 is 0 Å². The van der Waals surface area contributed by atoms with Gasteiger partial charge in [0.1, 0.15) is 0 Å². The van der Waals surface area contributed by atoms with Gasteiger partial charge in [-0.2, -0.15) is 0 Å². The van der Waals surface area contributed by atoms with Crippen molar-refractivity contribution < 1.29 is 29.9 Å². The fourth-order valence-corrected chi connectivity index (χ4v) is 4.62. The second-order valence-electron chi connectivity index (χ2n) is 6.13. The van der Waals surface area contributed by atoms with Crippen LogP contribution in [0.25, 0.3) is 0 Å². The molecule has 1 radical (unpaired) electrons. The molecule has 1 fully saturated rings. The monoisotopic (exact) mass is 453 g/mol. The molecule has 2 rings (SSSR count). The predicted molar refractivity (Wildman–Crippen MR) is 70.9 cm³/mol. The van der Waals surface area contributed by atoms with E-state index in [9.17, 15) is 0 Å². The number of hydrogen-bond donors (Lipinski definition) is 0. The third kappa shape index (κ3) is 2.42. The van der Waals surface area contributed by atoms with Gasteiger partial charge in [-0.25, -0.2) is 19.1 Å². The van der Waals surface area contributed by atoms with Gasteiger partial charge in [-0.15, -0.1) is 0 Å². The van der Waals surface area contributed by atoms with E-state index in [1.807, 2.05) is 0 Å². The zero-order valence-corrected chi connectivity index (χ0v) is 15.2. The van der Waals surface area contributed by atoms with Gasteiger partial charge in [0.25, 0.3) is 0 Å². The summed E-state index contributed by atoms with van der Waals surface area (Å²) in [5, 5.41) is 0. The Balaban J connectivity index is 0.00000144. The first-order chi connectivity index (χ1) is 7.51. The molecule has 0 N–H and O–H groups in total. The molecule has 5 atom stereocenters. The van der Waals surface area contributed by atoms with Crippen molar-refractivity contribution in [2.75, 3.05) is 0 Å². The maximum Gasteiger partial charge on any atom is 0 e. The average Bonchev–Trinajstić information content (AvgIpc) is 2.16. The van der Waals surface area contributed by atoms with Gasteiger partial charge in [0, 0.05) is 29.9 Å². The minimum atomic E-state index is 0. The van der Waals surface area contributed by atoms with Gasteiger partial charge in [-0.3, -0.25) is 0 Å². The van der Waals surface area contributed by atoms with Crippen molar-refractivity contribution in [3.8, 4) is 0 Å². The van der Waals surface area contributed by atoms with Gasteiger partial charge < -0.3 is 0 Å². The molecule has 0 saturated heterocycles. The summed E-state index contributed by atoms with van der Waals surface area (Å²) in [5.41, 5.74) is 1.62. The Morgan fingerprint density at radius 2 is 2.06 bits per heavy atom. The van der Waals surface area contributed by atoms with Crippen molar-refractivity contribution in [2.45, 2.75) is 40.0 Å². The third-order valence-electron chi connectivity index (χ3n) is 4.97. The quantitative estimate of drug-likeness (QED) is 0.431. The molecule has 0 nitrogen and oxygen atoms in total. The van der Waals surface area contributed by atoms with Gasteiger partial charge in [0.2, 0.25) is 0 Å². The van der Waals surface area contributed by atoms with E-state index in [0.717, 1.165) is 35.7 Å². The Kier molecular flexibility index (Phi) is 5.04. The van der Waals surface area contributed by atoms with Crippen LogP contribution in [-0.2, 0) is 0 Å². The number of rotatable bonds is 3. The van der Waals surface area contributed by atoms with Crippen molar-refractivity contribution >= 4 is 0 Å². The maximum absolute atomic E-state index is 4.05. The van der Waals surface area contributed by atoms with E-state index in [1.165, 1.54) is 12.8 Å². The normalized spacial score (nSPS) is 43.2. The van der Waals surface area contributed by atoms with Gasteiger partial charge in [-0.1, -0.05) is 45.8 Å². The third-order valence-corrected chi connectivity index (χ3v) is 4.97. The van der Waals surface area contributed by atoms with E-state index in [4.69, 9.17) is 0 Å². The molecule has 0 spiro atoms. The van der Waals surface area contributed by atoms with Gasteiger partial charge in [0.05, 0.1) is 0 Å². The smallest absolute Gasteiger partial charge is 0 e. The molecule has 5 unspecified atom stereocenters. The molecule has 17 heavy (non-hydrogen) atoms. The molecular weight excluding hydrogens is 429 g/mol. The van der Waals surface area contributed by atoms with Gasteiger partial charge in [0.15, 0.2) is 0 Å². The van der Waals surface area contributed by atoms with Crippen molar-refractivity contribution in [2.24, 2.45) is 29.1 Å². The summed E-state index contributed by atoms with van der Waals surface area (Å²) in [6.45, 7) is 15.2. The second kappa shape index (κ2) is 5.56. The van der Waals surface area contributed by atoms with Crippen LogP contribution in [0.5, 0.6) is 0 Å². The van der Waals surface area contributed by atoms with Crippen LogP contribution in [0.15, 0.2) is 24.3 Å². The molecule has 1 saturated carbocycles. The molecule has 0 aromatic heterocycles. The summed E-state index contributed by atoms with van der Waals surface area (Å²) in [4.78, 5) is 0. The van der Waals surface area contributed by atoms with Crippen LogP contribution in [0.1, 0.15) is 40.0 Å². The molecular formula is C16H25Np-. The molecule has 2 aliphatic rings. The Labute approximate surface area is 130 Å². The number of allylic oxidation sites excluding steroid dienone is 3. The fraction of sp³-hybridized carbons (Fsp3) is 0.688. The minimum absolute atomic E-state index is 0. The van der Waals surface area contributed by atoms with Crippen LogP contribution in [-0.4, -0.2) is 0 Å². The zero-order chi connectivity index (χ0) is 11.9. The van der Waals surface area contributed by atoms with E-state index in [0.29, 0.717) is 5.41 Å². The Bertz CT molecular complexity index is 317. The summed E-state index contributed by atoms with van der Waals surface area (Å²) in [6, 6.07) is 0. The first-order valence-electron chi connectivity index (χ1n) is 6.69. The van der Waals surface area contributed by atoms with Crippen LogP contribution in [0.2, 0.25) is 0 Å². The summed E-state index contributed by atoms with van der Waals surface area (Å²) in [7, 11) is 0. The minimum Gasteiger partial charge on any atom is -0.242 e. The SMILES string of the molecule is C=C([CH2-])CC12CC(C)C=CC1C(C)C2CC.[Np]. The van der Waals surface area contributed by atoms with Crippen molar-refractivity contribution in [1.29, 1.82) is 0 Å². The van der Waals surface area contributed by atoms with Gasteiger partial charge >= 0.3 is 0 Å². The van der Waals surface area contributed by atoms with Crippen molar-refractivity contribution in [1.82, 2.24) is 0 Å². The molecule has 0 amide bonds. The first kappa shape index (κ1) is 15.4. The average molecular weight is 454 g/mol. The zero-order valence-electron chi connectivity index (χ0n) is 11.4. The number of fused-ring (bicyclic) bond motifs is 1. The number of hydrogen-bond acceptors (Lipinski definition) is 0. The molecule has 0 aromatic carbocycles. The standard InChI is InChI=1S/C16H25.Np/c1-6-14-13(5)15-8-7-12(4)10-16(14,15)9-11(2)3;/h7-8,12-15H,2-3,6,9-10H2,1,4-5H3;/q-1;. The van der Waals surface area contributed by atoms with Crippen LogP contribution in [0, 0.1) is 66.0 Å². The molecule has 0 aliphatic heterocycles. The van der Waals surface area contributed by atoms with Crippen LogP contribution in [0.3, 0.4) is 0 Å². The summed E-state index contributed by atoms with van der Waals surface area (Å²) < 4.78 is 0.